The molecule has 1 aliphatic heterocycles. The van der Waals surface area contributed by atoms with E-state index in [-0.39, 0.29) is 5.95 Å². The fourth-order valence-electron chi connectivity index (χ4n) is 2.29. The predicted molar refractivity (Wildman–Crippen MR) is 79.8 cm³/mol. The highest BCUT2D eigenvalue weighted by Gasteiger charge is 2.15. The Hall–Kier alpha value is -1.63. The van der Waals surface area contributed by atoms with Crippen molar-refractivity contribution in [3.8, 4) is 0 Å². The molecule has 0 amide bonds. The van der Waals surface area contributed by atoms with Gasteiger partial charge in [-0.15, -0.1) is 0 Å². The van der Waals surface area contributed by atoms with Gasteiger partial charge in [-0.1, -0.05) is 0 Å². The Morgan fingerprint density at radius 2 is 1.90 bits per heavy atom. The van der Waals surface area contributed by atoms with E-state index < -0.39 is 0 Å². The van der Waals surface area contributed by atoms with Crippen molar-refractivity contribution in [1.82, 2.24) is 15.0 Å². The van der Waals surface area contributed by atoms with Crippen LogP contribution in [-0.2, 0) is 4.74 Å². The Labute approximate surface area is 119 Å². The quantitative estimate of drug-likeness (QED) is 0.807. The number of nitrogens with two attached hydrogens (primary N) is 1. The molecule has 20 heavy (non-hydrogen) atoms. The largest absolute Gasteiger partial charge is 0.381 e. The van der Waals surface area contributed by atoms with Crippen LogP contribution in [0.25, 0.3) is 0 Å². The van der Waals surface area contributed by atoms with E-state index in [1.807, 2.05) is 0 Å². The van der Waals surface area contributed by atoms with E-state index in [2.05, 4.69) is 39.0 Å². The van der Waals surface area contributed by atoms with Gasteiger partial charge in [0.1, 0.15) is 0 Å². The van der Waals surface area contributed by atoms with Crippen LogP contribution in [-0.4, -0.2) is 47.8 Å². The van der Waals surface area contributed by atoms with Gasteiger partial charge >= 0.3 is 0 Å². The number of rotatable bonds is 6. The third-order valence-electron chi connectivity index (χ3n) is 3.58. The molecule has 1 aromatic heterocycles. The molecule has 1 aromatic rings. The second-order valence-corrected chi connectivity index (χ2v) is 4.93. The highest BCUT2D eigenvalue weighted by molar-refractivity contribution is 5.41. The molecule has 1 aliphatic rings. The summed E-state index contributed by atoms with van der Waals surface area (Å²) in [6.07, 6.45) is 2.16. The average molecular weight is 280 g/mol. The van der Waals surface area contributed by atoms with Crippen molar-refractivity contribution in [2.24, 2.45) is 5.92 Å². The number of hydrogen-bond donors (Lipinski definition) is 2. The summed E-state index contributed by atoms with van der Waals surface area (Å²) in [7, 11) is 0. The highest BCUT2D eigenvalue weighted by Crippen LogP contribution is 2.16. The molecule has 1 fully saturated rings. The Kier molecular flexibility index (Phi) is 5.34. The van der Waals surface area contributed by atoms with E-state index in [9.17, 15) is 0 Å². The minimum Gasteiger partial charge on any atom is -0.381 e. The van der Waals surface area contributed by atoms with Crippen molar-refractivity contribution < 1.29 is 4.74 Å². The maximum Gasteiger partial charge on any atom is 0.231 e. The molecular weight excluding hydrogens is 256 g/mol. The molecule has 2 heterocycles. The van der Waals surface area contributed by atoms with E-state index >= 15 is 0 Å². The van der Waals surface area contributed by atoms with Crippen molar-refractivity contribution in [3.63, 3.8) is 0 Å². The van der Waals surface area contributed by atoms with E-state index in [1.165, 1.54) is 0 Å². The van der Waals surface area contributed by atoms with Crippen LogP contribution >= 0.6 is 0 Å². The van der Waals surface area contributed by atoms with Gasteiger partial charge in [-0.2, -0.15) is 15.0 Å². The van der Waals surface area contributed by atoms with Gasteiger partial charge < -0.3 is 20.7 Å². The molecule has 0 aromatic carbocycles. The summed E-state index contributed by atoms with van der Waals surface area (Å²) in [6.45, 7) is 8.37. The van der Waals surface area contributed by atoms with Crippen LogP contribution in [0.15, 0.2) is 0 Å². The first-order valence-electron chi connectivity index (χ1n) is 7.31. The number of nitrogens with zero attached hydrogens (tertiary/aromatic N) is 4. The lowest BCUT2D eigenvalue weighted by atomic mass is 10.0. The van der Waals surface area contributed by atoms with Crippen LogP contribution in [0.4, 0.5) is 17.8 Å². The van der Waals surface area contributed by atoms with Crippen molar-refractivity contribution >= 4 is 17.8 Å². The van der Waals surface area contributed by atoms with Gasteiger partial charge in [0.15, 0.2) is 0 Å². The minimum absolute atomic E-state index is 0.261. The monoisotopic (exact) mass is 280 g/mol. The van der Waals surface area contributed by atoms with E-state index in [1.54, 1.807) is 0 Å². The number of anilines is 3. The molecule has 0 bridgehead atoms. The molecule has 7 nitrogen and oxygen atoms in total. The predicted octanol–water partition coefficient (Wildman–Crippen LogP) is 1.14. The second-order valence-electron chi connectivity index (χ2n) is 4.93. The number of ether oxygens (including phenoxy) is 1. The van der Waals surface area contributed by atoms with Gasteiger partial charge in [-0.05, 0) is 32.6 Å². The number of hydrogen-bond acceptors (Lipinski definition) is 7. The Bertz CT molecular complexity index is 417. The fraction of sp³-hybridized carbons (Fsp3) is 0.769. The van der Waals surface area contributed by atoms with Gasteiger partial charge in [-0.3, -0.25) is 0 Å². The third kappa shape index (κ3) is 3.93. The van der Waals surface area contributed by atoms with Crippen molar-refractivity contribution in [2.75, 3.05) is 48.8 Å². The molecule has 0 saturated carbocycles. The maximum absolute atomic E-state index is 5.77. The normalized spacial score (nSPS) is 16.1. The van der Waals surface area contributed by atoms with Gasteiger partial charge in [0.05, 0.1) is 0 Å². The van der Waals surface area contributed by atoms with Gasteiger partial charge in [0, 0.05) is 32.8 Å². The lowest BCUT2D eigenvalue weighted by Gasteiger charge is -2.23. The summed E-state index contributed by atoms with van der Waals surface area (Å²) in [5.74, 6) is 2.07. The molecule has 7 heteroatoms. The lowest BCUT2D eigenvalue weighted by Crippen LogP contribution is -2.26. The van der Waals surface area contributed by atoms with Gasteiger partial charge in [0.25, 0.3) is 0 Å². The number of nitrogens with one attached hydrogen (secondary N) is 1. The van der Waals surface area contributed by atoms with Gasteiger partial charge in [-0.25, -0.2) is 0 Å². The molecule has 2 rings (SSSR count). The Morgan fingerprint density at radius 3 is 2.55 bits per heavy atom. The first kappa shape index (κ1) is 14.8. The van der Waals surface area contributed by atoms with E-state index in [4.69, 9.17) is 10.5 Å². The summed E-state index contributed by atoms with van der Waals surface area (Å²) in [6, 6.07) is 0. The molecule has 0 radical (unpaired) electrons. The van der Waals surface area contributed by atoms with Crippen LogP contribution in [0, 0.1) is 5.92 Å². The summed E-state index contributed by atoms with van der Waals surface area (Å²) >= 11 is 0. The van der Waals surface area contributed by atoms with Crippen LogP contribution in [0.1, 0.15) is 26.7 Å². The van der Waals surface area contributed by atoms with Crippen molar-refractivity contribution in [1.29, 1.82) is 0 Å². The Balaban J connectivity index is 1.99. The molecule has 1 saturated heterocycles. The fourth-order valence-corrected chi connectivity index (χ4v) is 2.29. The molecule has 0 aliphatic carbocycles. The van der Waals surface area contributed by atoms with Crippen molar-refractivity contribution in [2.45, 2.75) is 26.7 Å². The smallest absolute Gasteiger partial charge is 0.231 e. The lowest BCUT2D eigenvalue weighted by molar-refractivity contribution is 0.0699. The molecule has 0 unspecified atom stereocenters. The molecule has 0 spiro atoms. The summed E-state index contributed by atoms with van der Waals surface area (Å²) in [4.78, 5) is 14.8. The SMILES string of the molecule is CCN(CC)c1nc(N)nc(NCC2CCOCC2)n1. The highest BCUT2D eigenvalue weighted by atomic mass is 16.5. The molecule has 0 atom stereocenters. The summed E-state index contributed by atoms with van der Waals surface area (Å²) in [5, 5.41) is 3.27. The van der Waals surface area contributed by atoms with E-state index in [0.717, 1.165) is 45.7 Å². The first-order valence-corrected chi connectivity index (χ1v) is 7.31. The zero-order chi connectivity index (χ0) is 14.4. The van der Waals surface area contributed by atoms with Crippen LogP contribution < -0.4 is 16.0 Å². The number of nitrogen functional groups attached to an aromatic ring is 1. The third-order valence-corrected chi connectivity index (χ3v) is 3.58. The molecule has 3 N–H and O–H groups in total. The van der Waals surface area contributed by atoms with Crippen LogP contribution in [0.2, 0.25) is 0 Å². The Morgan fingerprint density at radius 1 is 1.20 bits per heavy atom. The van der Waals surface area contributed by atoms with Crippen LogP contribution in [0.3, 0.4) is 0 Å². The number of aromatic nitrogens is 3. The first-order chi connectivity index (χ1) is 9.72. The maximum atomic E-state index is 5.77. The summed E-state index contributed by atoms with van der Waals surface area (Å²) < 4.78 is 5.35. The van der Waals surface area contributed by atoms with Crippen molar-refractivity contribution in [3.05, 3.63) is 0 Å². The second kappa shape index (κ2) is 7.23. The zero-order valence-electron chi connectivity index (χ0n) is 12.3. The molecule has 112 valence electrons. The van der Waals surface area contributed by atoms with E-state index in [0.29, 0.717) is 17.8 Å². The minimum atomic E-state index is 0.261. The topological polar surface area (TPSA) is 89.2 Å². The van der Waals surface area contributed by atoms with Crippen LogP contribution in [0.5, 0.6) is 0 Å². The summed E-state index contributed by atoms with van der Waals surface area (Å²) in [5.41, 5.74) is 5.77. The van der Waals surface area contributed by atoms with Gasteiger partial charge in [0.2, 0.25) is 17.8 Å². The molecular formula is C13H24N6O. The zero-order valence-corrected chi connectivity index (χ0v) is 12.3. The standard InChI is InChI=1S/C13H24N6O/c1-3-19(4-2)13-17-11(14)16-12(18-13)15-9-10-5-7-20-8-6-10/h10H,3-9H2,1-2H3,(H3,14,15,16,17,18). The average Bonchev–Trinajstić information content (AvgIpc) is 2.47.